The van der Waals surface area contributed by atoms with Gasteiger partial charge in [-0.3, -0.25) is 20.3 Å². The number of sulfonamides is 1. The van der Waals surface area contributed by atoms with E-state index in [4.69, 9.17) is 0 Å². The summed E-state index contributed by atoms with van der Waals surface area (Å²) < 4.78 is 55.2. The number of piperidine rings is 1. The van der Waals surface area contributed by atoms with Gasteiger partial charge in [0, 0.05) is 50.7 Å². The number of nitrogens with one attached hydrogen (secondary N) is 2. The van der Waals surface area contributed by atoms with Crippen LogP contribution in [0, 0.1) is 23.0 Å². The van der Waals surface area contributed by atoms with Crippen molar-refractivity contribution < 1.29 is 17.2 Å². The number of pyridine rings is 1. The van der Waals surface area contributed by atoms with Gasteiger partial charge in [0.15, 0.2) is 0 Å². The summed E-state index contributed by atoms with van der Waals surface area (Å²) in [5, 5.41) is 16.5. The molecule has 1 aromatic heterocycles. The predicted molar refractivity (Wildman–Crippen MR) is 158 cm³/mol. The van der Waals surface area contributed by atoms with Crippen molar-refractivity contribution in [1.29, 1.82) is 5.26 Å². The third kappa shape index (κ3) is 5.19. The van der Waals surface area contributed by atoms with Crippen LogP contribution in [0.5, 0.6) is 0 Å². The fourth-order valence-corrected chi connectivity index (χ4v) is 6.66. The first-order valence-electron chi connectivity index (χ1n) is 13.6. The Labute approximate surface area is 244 Å². The smallest absolute Gasteiger partial charge is 0.242 e. The Morgan fingerprint density at radius 1 is 1.14 bits per heavy atom. The number of hydrogen-bond donors (Lipinski definition) is 2. The van der Waals surface area contributed by atoms with Gasteiger partial charge in [-0.1, -0.05) is 12.6 Å². The monoisotopic (exact) mass is 593 g/mol. The molecule has 12 heteroatoms. The first kappa shape index (κ1) is 29.4. The Kier molecular flexibility index (Phi) is 7.94. The van der Waals surface area contributed by atoms with Crippen LogP contribution in [-0.2, 0) is 10.0 Å². The van der Waals surface area contributed by atoms with Crippen LogP contribution < -0.4 is 26.3 Å². The Hall–Kier alpha value is -4.05. The largest absolute Gasteiger partial charge is 0.340 e. The van der Waals surface area contributed by atoms with Gasteiger partial charge < -0.3 is 5.32 Å². The number of fused-ring (bicyclic) bond motifs is 1. The van der Waals surface area contributed by atoms with Gasteiger partial charge in [-0.25, -0.2) is 21.5 Å². The summed E-state index contributed by atoms with van der Waals surface area (Å²) in [6, 6.07) is 14.1. The fraction of sp³-hybridized carbons (Fsp3) is 0.333. The summed E-state index contributed by atoms with van der Waals surface area (Å²) in [6.45, 7) is 6.96. The van der Waals surface area contributed by atoms with E-state index in [2.05, 4.69) is 28.4 Å². The Bertz CT molecular complexity index is 1730. The van der Waals surface area contributed by atoms with Gasteiger partial charge in [0.25, 0.3) is 0 Å². The normalized spacial score (nSPS) is 17.5. The zero-order valence-electron chi connectivity index (χ0n) is 23.7. The lowest BCUT2D eigenvalue weighted by Gasteiger charge is -2.48. The van der Waals surface area contributed by atoms with E-state index in [-0.39, 0.29) is 16.9 Å². The van der Waals surface area contributed by atoms with Crippen molar-refractivity contribution in [3.05, 3.63) is 82.5 Å². The van der Waals surface area contributed by atoms with E-state index in [0.717, 1.165) is 15.2 Å². The second-order valence-corrected chi connectivity index (χ2v) is 13.0. The van der Waals surface area contributed by atoms with Crippen LogP contribution in [-0.4, -0.2) is 55.3 Å². The first-order chi connectivity index (χ1) is 20.0. The molecule has 5 rings (SSSR count). The average Bonchev–Trinajstić information content (AvgIpc) is 3.33. The van der Waals surface area contributed by atoms with Crippen molar-refractivity contribution in [2.45, 2.75) is 42.7 Å². The van der Waals surface area contributed by atoms with Gasteiger partial charge in [-0.2, -0.15) is 5.26 Å². The van der Waals surface area contributed by atoms with Crippen LogP contribution in [0.2, 0.25) is 0 Å². The number of hydrazine groups is 1. The van der Waals surface area contributed by atoms with Gasteiger partial charge >= 0.3 is 0 Å². The van der Waals surface area contributed by atoms with Gasteiger partial charge in [0.1, 0.15) is 17.5 Å². The Morgan fingerprint density at radius 2 is 1.79 bits per heavy atom. The summed E-state index contributed by atoms with van der Waals surface area (Å²) in [6.07, 6.45) is 3.01. The molecule has 1 atom stereocenters. The molecule has 9 nitrogen and oxygen atoms in total. The maximum absolute atomic E-state index is 14.5. The molecule has 3 aromatic rings. The van der Waals surface area contributed by atoms with Crippen LogP contribution in [0.1, 0.15) is 37.8 Å². The number of likely N-dealkylation sites (tertiary alicyclic amines) is 1. The molecule has 0 radical (unpaired) electrons. The Balaban J connectivity index is 1.41. The van der Waals surface area contributed by atoms with E-state index in [1.165, 1.54) is 44.4 Å². The van der Waals surface area contributed by atoms with Gasteiger partial charge in [0.2, 0.25) is 10.0 Å². The summed E-state index contributed by atoms with van der Waals surface area (Å²) in [4.78, 5) is 6.59. The summed E-state index contributed by atoms with van der Waals surface area (Å²) >= 11 is 0. The first-order valence-corrected chi connectivity index (χ1v) is 15.0. The average molecular weight is 594 g/mol. The van der Waals surface area contributed by atoms with Gasteiger partial charge in [-0.05, 0) is 62.2 Å². The minimum Gasteiger partial charge on any atom is -0.340 e. The highest BCUT2D eigenvalue weighted by Gasteiger charge is 2.44. The maximum atomic E-state index is 14.5. The molecule has 0 aliphatic carbocycles. The molecule has 0 spiro atoms. The second-order valence-electron chi connectivity index (χ2n) is 10.8. The number of benzene rings is 2. The standard InChI is InChI=1S/C30H33F2N7O2S/c1-20-27-26(12-17-34-20)39(36-29(27)35-22-8-10-23(11-9-22)42(40,41)37(3)4)30(13-16-33)14-18-38(19-15-30)21(2)28-24(31)6-5-7-25(28)32/h5-12,17,21,35-36H,1,13-15,18-19H2,2-4H3. The zero-order valence-corrected chi connectivity index (χ0v) is 24.5. The van der Waals surface area contributed by atoms with E-state index >= 15 is 0 Å². The molecule has 3 heterocycles. The van der Waals surface area contributed by atoms with E-state index in [0.29, 0.717) is 42.8 Å². The molecule has 2 N–H and O–H groups in total. The molecule has 220 valence electrons. The summed E-state index contributed by atoms with van der Waals surface area (Å²) in [5.74, 6) is -0.535. The minimum absolute atomic E-state index is 0.0481. The number of halogens is 2. The molecule has 1 saturated heterocycles. The quantitative estimate of drug-likeness (QED) is 0.411. The van der Waals surface area contributed by atoms with Crippen LogP contribution in [0.4, 0.5) is 20.2 Å². The number of rotatable bonds is 8. The van der Waals surface area contributed by atoms with Crippen molar-refractivity contribution in [2.75, 3.05) is 37.5 Å². The van der Waals surface area contributed by atoms with E-state index in [1.54, 1.807) is 25.3 Å². The van der Waals surface area contributed by atoms with Crippen LogP contribution in [0.3, 0.4) is 0 Å². The van der Waals surface area contributed by atoms with Crippen molar-refractivity contribution in [1.82, 2.24) is 19.6 Å². The van der Waals surface area contributed by atoms with Gasteiger partial charge in [-0.15, -0.1) is 0 Å². The van der Waals surface area contributed by atoms with E-state index in [9.17, 15) is 22.5 Å². The third-order valence-corrected chi connectivity index (χ3v) is 10.0. The lowest BCUT2D eigenvalue weighted by atomic mass is 9.83. The second kappa shape index (κ2) is 11.3. The van der Waals surface area contributed by atoms with Crippen LogP contribution >= 0.6 is 0 Å². The molecule has 0 bridgehead atoms. The summed E-state index contributed by atoms with van der Waals surface area (Å²) in [7, 11) is -0.607. The predicted octanol–water partition coefficient (Wildman–Crippen LogP) is 3.03. The van der Waals surface area contributed by atoms with E-state index in [1.807, 2.05) is 16.0 Å². The van der Waals surface area contributed by atoms with Crippen LogP contribution in [0.25, 0.3) is 12.4 Å². The number of nitriles is 1. The SMILES string of the molecule is C=c1nccc2c1=C(Nc1ccc(S(=O)(=O)N(C)C)cc1)NN2C1(CC#N)CCN(C(C)c2c(F)cccc2F)CC1. The number of aromatic nitrogens is 1. The zero-order chi connectivity index (χ0) is 30.2. The number of anilines is 2. The summed E-state index contributed by atoms with van der Waals surface area (Å²) in [5.41, 5.74) is 4.33. The topological polar surface area (TPSA) is 105 Å². The molecule has 0 amide bonds. The van der Waals surface area contributed by atoms with Crippen molar-refractivity contribution >= 4 is 33.8 Å². The van der Waals surface area contributed by atoms with Gasteiger partial charge in [0.05, 0.1) is 39.2 Å². The lowest BCUT2D eigenvalue weighted by molar-refractivity contribution is 0.114. The van der Waals surface area contributed by atoms with Crippen molar-refractivity contribution in [3.63, 3.8) is 0 Å². The van der Waals surface area contributed by atoms with Crippen molar-refractivity contribution in [3.8, 4) is 6.07 Å². The highest BCUT2D eigenvalue weighted by molar-refractivity contribution is 7.89. The molecule has 1 unspecified atom stereocenters. The fourth-order valence-electron chi connectivity index (χ4n) is 5.76. The van der Waals surface area contributed by atoms with E-state index < -0.39 is 33.2 Å². The number of nitrogens with zero attached hydrogens (tertiary/aromatic N) is 5. The highest BCUT2D eigenvalue weighted by Crippen LogP contribution is 2.38. The minimum atomic E-state index is -3.57. The third-order valence-electron chi connectivity index (χ3n) is 8.20. The molecule has 42 heavy (non-hydrogen) atoms. The lowest BCUT2D eigenvalue weighted by Crippen LogP contribution is -2.59. The molecular formula is C30H33F2N7O2S. The molecular weight excluding hydrogens is 560 g/mol. The maximum Gasteiger partial charge on any atom is 0.242 e. The highest BCUT2D eigenvalue weighted by atomic mass is 32.2. The molecule has 2 aliphatic rings. The molecule has 0 saturated carbocycles. The van der Waals surface area contributed by atoms with Crippen molar-refractivity contribution in [2.24, 2.45) is 0 Å². The van der Waals surface area contributed by atoms with Crippen LogP contribution in [0.15, 0.2) is 59.6 Å². The molecule has 2 aliphatic heterocycles. The molecule has 2 aromatic carbocycles. The molecule has 1 fully saturated rings. The Morgan fingerprint density at radius 3 is 2.38 bits per heavy atom. The number of hydrogen-bond acceptors (Lipinski definition) is 8.